The van der Waals surface area contributed by atoms with E-state index in [-0.39, 0.29) is 18.1 Å². The lowest BCUT2D eigenvalue weighted by Crippen LogP contribution is -2.23. The highest BCUT2D eigenvalue weighted by Gasteiger charge is 2.23. The zero-order valence-electron chi connectivity index (χ0n) is 21.8. The van der Waals surface area contributed by atoms with E-state index in [4.69, 9.17) is 14.2 Å². The van der Waals surface area contributed by atoms with Crippen LogP contribution in [-0.2, 0) is 4.74 Å². The van der Waals surface area contributed by atoms with Crippen molar-refractivity contribution in [3.8, 4) is 11.5 Å². The van der Waals surface area contributed by atoms with Crippen molar-refractivity contribution in [2.45, 2.75) is 71.1 Å². The Morgan fingerprint density at radius 3 is 2.39 bits per heavy atom. The molecule has 2 aromatic carbocycles. The van der Waals surface area contributed by atoms with E-state index >= 15 is 0 Å². The topological polar surface area (TPSA) is 69.7 Å². The van der Waals surface area contributed by atoms with Crippen molar-refractivity contribution in [3.05, 3.63) is 83.2 Å². The normalized spacial score (nSPS) is 14.8. The van der Waals surface area contributed by atoms with E-state index in [2.05, 4.69) is 29.4 Å². The second-order valence-corrected chi connectivity index (χ2v) is 10.3. The van der Waals surface area contributed by atoms with Gasteiger partial charge in [-0.2, -0.15) is 0 Å². The molecule has 1 unspecified atom stereocenters. The Balaban J connectivity index is 1.65. The number of ether oxygens (including phenoxy) is 3. The average molecular weight is 489 g/mol. The molecule has 4 rings (SSSR count). The summed E-state index contributed by atoms with van der Waals surface area (Å²) in [5, 5.41) is 3.64. The summed E-state index contributed by atoms with van der Waals surface area (Å²) in [6, 6.07) is 15.3. The lowest BCUT2D eigenvalue weighted by Gasteiger charge is -2.25. The summed E-state index contributed by atoms with van der Waals surface area (Å²) in [5.41, 5.74) is 4.04. The van der Waals surface area contributed by atoms with Crippen LogP contribution in [0.5, 0.6) is 11.5 Å². The van der Waals surface area contributed by atoms with Gasteiger partial charge < -0.3 is 19.5 Å². The predicted molar refractivity (Wildman–Crippen MR) is 142 cm³/mol. The van der Waals surface area contributed by atoms with Gasteiger partial charge in [0, 0.05) is 18.1 Å². The minimum atomic E-state index is -0.538. The maximum atomic E-state index is 12.4. The lowest BCUT2D eigenvalue weighted by atomic mass is 9.95. The Labute approximate surface area is 214 Å². The number of methoxy groups -OCH3 is 1. The molecule has 1 heterocycles. The maximum Gasteiger partial charge on any atom is 0.338 e. The number of anilines is 1. The Hall–Kier alpha value is -3.54. The fraction of sp³-hybridized carbons (Fsp3) is 0.400. The van der Waals surface area contributed by atoms with Crippen molar-refractivity contribution in [1.82, 2.24) is 4.98 Å². The van der Waals surface area contributed by atoms with Crippen molar-refractivity contribution in [1.29, 1.82) is 0 Å². The summed E-state index contributed by atoms with van der Waals surface area (Å²) in [6.45, 7) is 7.66. The van der Waals surface area contributed by atoms with Crippen LogP contribution in [0.4, 0.5) is 5.69 Å². The van der Waals surface area contributed by atoms with Crippen LogP contribution in [0.3, 0.4) is 0 Å². The van der Waals surface area contributed by atoms with Crippen LogP contribution in [0.2, 0.25) is 0 Å². The Morgan fingerprint density at radius 1 is 1.06 bits per heavy atom. The third-order valence-electron chi connectivity index (χ3n) is 6.31. The van der Waals surface area contributed by atoms with Crippen molar-refractivity contribution < 1.29 is 19.0 Å². The number of hydrogen-bond acceptors (Lipinski definition) is 6. The number of aromatic nitrogens is 1. The van der Waals surface area contributed by atoms with E-state index in [0.29, 0.717) is 5.56 Å². The first-order valence-corrected chi connectivity index (χ1v) is 12.6. The van der Waals surface area contributed by atoms with Gasteiger partial charge >= 0.3 is 5.97 Å². The highest BCUT2D eigenvalue weighted by atomic mass is 16.6. The Morgan fingerprint density at radius 2 is 1.78 bits per heavy atom. The number of carbonyl (C=O) groups is 1. The summed E-state index contributed by atoms with van der Waals surface area (Å²) in [4.78, 5) is 16.8. The standard InChI is InChI=1S/C30H36N2O4/c1-20-17-26(34-5)27(35-24-10-6-7-11-24)18-25(20)28(22-9-8-16-31-19-22)32-23-14-12-21(13-15-23)29(33)36-30(2,3)4/h8-9,12-19,24,28,32H,6-7,10-11H2,1-5H3. The molecule has 1 aliphatic carbocycles. The molecule has 6 nitrogen and oxygen atoms in total. The first-order valence-electron chi connectivity index (χ1n) is 12.6. The summed E-state index contributed by atoms with van der Waals surface area (Å²) < 4.78 is 17.6. The largest absolute Gasteiger partial charge is 0.493 e. The van der Waals surface area contributed by atoms with Crippen LogP contribution in [-0.4, -0.2) is 29.8 Å². The molecule has 1 aromatic heterocycles. The summed E-state index contributed by atoms with van der Waals surface area (Å²) in [5.74, 6) is 1.17. The maximum absolute atomic E-state index is 12.4. The SMILES string of the molecule is COc1cc(C)c(C(Nc2ccc(C(=O)OC(C)(C)C)cc2)c2cccnc2)cc1OC1CCCC1. The van der Waals surface area contributed by atoms with Crippen molar-refractivity contribution in [2.75, 3.05) is 12.4 Å². The lowest BCUT2D eigenvalue weighted by molar-refractivity contribution is 0.00695. The number of pyridine rings is 1. The van der Waals surface area contributed by atoms with Gasteiger partial charge in [0.1, 0.15) is 5.60 Å². The smallest absolute Gasteiger partial charge is 0.338 e. The van der Waals surface area contributed by atoms with Gasteiger partial charge in [-0.05, 0) is 113 Å². The van der Waals surface area contributed by atoms with Crippen molar-refractivity contribution in [3.63, 3.8) is 0 Å². The van der Waals surface area contributed by atoms with Gasteiger partial charge in [-0.15, -0.1) is 0 Å². The summed E-state index contributed by atoms with van der Waals surface area (Å²) in [7, 11) is 1.68. The van der Waals surface area contributed by atoms with Crippen LogP contribution in [0.15, 0.2) is 60.9 Å². The number of benzene rings is 2. The van der Waals surface area contributed by atoms with Gasteiger partial charge in [-0.1, -0.05) is 6.07 Å². The Bertz CT molecular complexity index is 1160. The van der Waals surface area contributed by atoms with Gasteiger partial charge in [0.25, 0.3) is 0 Å². The second-order valence-electron chi connectivity index (χ2n) is 10.3. The molecule has 1 atom stereocenters. The number of aryl methyl sites for hydroxylation is 1. The predicted octanol–water partition coefficient (Wildman–Crippen LogP) is 6.88. The van der Waals surface area contributed by atoms with Crippen LogP contribution >= 0.6 is 0 Å². The van der Waals surface area contributed by atoms with Crippen LogP contribution in [0, 0.1) is 6.92 Å². The number of nitrogens with zero attached hydrogens (tertiary/aromatic N) is 1. The quantitative estimate of drug-likeness (QED) is 0.349. The summed E-state index contributed by atoms with van der Waals surface area (Å²) >= 11 is 0. The molecule has 1 aliphatic rings. The number of rotatable bonds is 8. The number of hydrogen-bond donors (Lipinski definition) is 1. The molecule has 1 fully saturated rings. The van der Waals surface area contributed by atoms with E-state index in [0.717, 1.165) is 46.7 Å². The molecule has 1 saturated carbocycles. The van der Waals surface area contributed by atoms with E-state index in [1.54, 1.807) is 25.4 Å². The molecular weight excluding hydrogens is 452 g/mol. The number of carbonyl (C=O) groups excluding carboxylic acids is 1. The highest BCUT2D eigenvalue weighted by Crippen LogP contribution is 2.38. The zero-order valence-corrected chi connectivity index (χ0v) is 21.8. The molecule has 0 spiro atoms. The van der Waals surface area contributed by atoms with Gasteiger partial charge in [0.2, 0.25) is 0 Å². The number of esters is 1. The first-order chi connectivity index (χ1) is 17.2. The van der Waals surface area contributed by atoms with Crippen molar-refractivity contribution >= 4 is 11.7 Å². The molecule has 0 aliphatic heterocycles. The molecule has 0 radical (unpaired) electrons. The average Bonchev–Trinajstić information content (AvgIpc) is 3.36. The Kier molecular flexibility index (Phi) is 7.82. The van der Waals surface area contributed by atoms with E-state index < -0.39 is 5.60 Å². The van der Waals surface area contributed by atoms with Gasteiger partial charge in [-0.25, -0.2) is 4.79 Å². The second kappa shape index (κ2) is 11.0. The molecular formula is C30H36N2O4. The fourth-order valence-electron chi connectivity index (χ4n) is 4.52. The molecule has 6 heteroatoms. The number of nitrogens with one attached hydrogen (secondary N) is 1. The molecule has 3 aromatic rings. The van der Waals surface area contributed by atoms with Crippen LogP contribution in [0.1, 0.15) is 79.5 Å². The van der Waals surface area contributed by atoms with Gasteiger partial charge in [0.05, 0.1) is 24.8 Å². The fourth-order valence-corrected chi connectivity index (χ4v) is 4.52. The van der Waals surface area contributed by atoms with Crippen LogP contribution < -0.4 is 14.8 Å². The van der Waals surface area contributed by atoms with Crippen molar-refractivity contribution in [2.24, 2.45) is 0 Å². The molecule has 190 valence electrons. The molecule has 0 bridgehead atoms. The zero-order chi connectivity index (χ0) is 25.7. The van der Waals surface area contributed by atoms with Gasteiger partial charge in [0.15, 0.2) is 11.5 Å². The van der Waals surface area contributed by atoms with Gasteiger partial charge in [-0.3, -0.25) is 4.98 Å². The third-order valence-corrected chi connectivity index (χ3v) is 6.31. The first kappa shape index (κ1) is 25.5. The molecule has 1 N–H and O–H groups in total. The third kappa shape index (κ3) is 6.36. The minimum absolute atomic E-state index is 0.178. The van der Waals surface area contributed by atoms with Crippen LogP contribution in [0.25, 0.3) is 0 Å². The monoisotopic (exact) mass is 488 g/mol. The minimum Gasteiger partial charge on any atom is -0.493 e. The highest BCUT2D eigenvalue weighted by molar-refractivity contribution is 5.90. The van der Waals surface area contributed by atoms with E-state index in [1.165, 1.54) is 12.8 Å². The molecule has 0 saturated heterocycles. The molecule has 0 amide bonds. The molecule has 36 heavy (non-hydrogen) atoms. The van der Waals surface area contributed by atoms with E-state index in [1.807, 2.05) is 51.2 Å². The van der Waals surface area contributed by atoms with E-state index in [9.17, 15) is 4.79 Å². The summed E-state index contributed by atoms with van der Waals surface area (Å²) in [6.07, 6.45) is 8.40.